The van der Waals surface area contributed by atoms with Crippen LogP contribution in [0.1, 0.15) is 52.0 Å². The molecule has 0 saturated carbocycles. The summed E-state index contributed by atoms with van der Waals surface area (Å²) in [6.07, 6.45) is -0.594. The average Bonchev–Trinajstić information content (AvgIpc) is 2.98. The highest BCUT2D eigenvalue weighted by atomic mass is 19.3. The number of nitrogens with one attached hydrogen (secondary N) is 2. The number of likely N-dealkylation sites (tertiary alicyclic amines) is 1. The number of imide groups is 2. The van der Waals surface area contributed by atoms with Gasteiger partial charge in [0.1, 0.15) is 6.04 Å². The molecule has 10 heteroatoms. The van der Waals surface area contributed by atoms with Gasteiger partial charge in [-0.25, -0.2) is 8.78 Å². The molecule has 0 spiro atoms. The van der Waals surface area contributed by atoms with E-state index in [2.05, 4.69) is 15.5 Å². The molecule has 4 rings (SSSR count). The summed E-state index contributed by atoms with van der Waals surface area (Å²) in [4.78, 5) is 52.8. The zero-order valence-corrected chi connectivity index (χ0v) is 16.9. The van der Waals surface area contributed by atoms with Crippen LogP contribution in [0, 0.1) is 0 Å². The topological polar surface area (TPSA) is 98.8 Å². The van der Waals surface area contributed by atoms with E-state index in [1.165, 1.54) is 0 Å². The van der Waals surface area contributed by atoms with Crippen molar-refractivity contribution >= 4 is 23.6 Å². The molecule has 1 aromatic carbocycles. The van der Waals surface area contributed by atoms with Crippen LogP contribution in [-0.2, 0) is 16.1 Å². The van der Waals surface area contributed by atoms with E-state index < -0.39 is 36.1 Å². The summed E-state index contributed by atoms with van der Waals surface area (Å²) in [6.45, 7) is 1.37. The molecule has 166 valence electrons. The van der Waals surface area contributed by atoms with Gasteiger partial charge in [-0.15, -0.1) is 0 Å². The van der Waals surface area contributed by atoms with Crippen molar-refractivity contribution in [1.82, 2.24) is 20.4 Å². The number of hydrogen-bond acceptors (Lipinski definition) is 6. The summed E-state index contributed by atoms with van der Waals surface area (Å²) in [6, 6.07) is 3.97. The molecule has 31 heavy (non-hydrogen) atoms. The number of halogens is 2. The Morgan fingerprint density at radius 1 is 1.13 bits per heavy atom. The van der Waals surface area contributed by atoms with Gasteiger partial charge in [-0.1, -0.05) is 12.1 Å². The minimum absolute atomic E-state index is 0.0585. The number of alkyl halides is 2. The van der Waals surface area contributed by atoms with Crippen molar-refractivity contribution in [2.45, 2.75) is 50.7 Å². The summed E-state index contributed by atoms with van der Waals surface area (Å²) >= 11 is 0. The Labute approximate surface area is 177 Å². The maximum Gasteiger partial charge on any atom is 0.262 e. The van der Waals surface area contributed by atoms with Crippen molar-refractivity contribution in [1.29, 1.82) is 0 Å². The fraction of sp³-hybridized carbons (Fsp3) is 0.524. The average molecular weight is 434 g/mol. The SMILES string of the molecule is O=C1CCC(N2C(=O)c3cccc(CN4CCCC(NCC(F)F)C4)c3C2=O)C(=O)N1. The smallest absolute Gasteiger partial charge is 0.262 e. The number of fused-ring (bicyclic) bond motifs is 1. The minimum atomic E-state index is -2.41. The second kappa shape index (κ2) is 8.80. The van der Waals surface area contributed by atoms with Crippen LogP contribution >= 0.6 is 0 Å². The van der Waals surface area contributed by atoms with Crippen LogP contribution in [0.3, 0.4) is 0 Å². The van der Waals surface area contributed by atoms with Gasteiger partial charge in [-0.2, -0.15) is 0 Å². The third-order valence-corrected chi connectivity index (χ3v) is 6.01. The molecule has 0 radical (unpaired) electrons. The van der Waals surface area contributed by atoms with E-state index in [0.717, 1.165) is 24.3 Å². The molecule has 2 saturated heterocycles. The number of amides is 4. The van der Waals surface area contributed by atoms with Gasteiger partial charge in [0.25, 0.3) is 18.2 Å². The van der Waals surface area contributed by atoms with Crippen molar-refractivity contribution in [3.63, 3.8) is 0 Å². The molecule has 2 fully saturated rings. The molecule has 4 amide bonds. The third-order valence-electron chi connectivity index (χ3n) is 6.01. The maximum atomic E-state index is 13.2. The van der Waals surface area contributed by atoms with Crippen LogP contribution in [0.25, 0.3) is 0 Å². The first-order valence-electron chi connectivity index (χ1n) is 10.4. The lowest BCUT2D eigenvalue weighted by Crippen LogP contribution is -2.54. The van der Waals surface area contributed by atoms with Gasteiger partial charge in [0, 0.05) is 25.6 Å². The van der Waals surface area contributed by atoms with Gasteiger partial charge in [-0.3, -0.25) is 34.3 Å². The normalized spacial score (nSPS) is 24.7. The van der Waals surface area contributed by atoms with E-state index in [4.69, 9.17) is 0 Å². The molecule has 0 aliphatic carbocycles. The fourth-order valence-electron chi connectivity index (χ4n) is 4.58. The lowest BCUT2D eigenvalue weighted by Gasteiger charge is -2.33. The van der Waals surface area contributed by atoms with E-state index >= 15 is 0 Å². The van der Waals surface area contributed by atoms with Gasteiger partial charge in [0.15, 0.2) is 0 Å². The van der Waals surface area contributed by atoms with Crippen molar-refractivity contribution in [3.05, 3.63) is 34.9 Å². The van der Waals surface area contributed by atoms with Crippen molar-refractivity contribution in [2.75, 3.05) is 19.6 Å². The van der Waals surface area contributed by atoms with Gasteiger partial charge in [-0.05, 0) is 37.4 Å². The second-order valence-electron chi connectivity index (χ2n) is 8.16. The Morgan fingerprint density at radius 3 is 2.68 bits per heavy atom. The first-order chi connectivity index (χ1) is 14.8. The van der Waals surface area contributed by atoms with Crippen molar-refractivity contribution < 1.29 is 28.0 Å². The molecule has 2 N–H and O–H groups in total. The Morgan fingerprint density at radius 2 is 1.94 bits per heavy atom. The molecule has 1 aromatic rings. The summed E-state index contributed by atoms with van der Waals surface area (Å²) in [7, 11) is 0. The molecule has 0 aromatic heterocycles. The summed E-state index contributed by atoms with van der Waals surface area (Å²) in [5.41, 5.74) is 1.19. The van der Waals surface area contributed by atoms with Crippen LogP contribution in [0.4, 0.5) is 8.78 Å². The Hall–Kier alpha value is -2.72. The summed E-state index contributed by atoms with van der Waals surface area (Å²) in [5, 5.41) is 5.06. The molecule has 3 aliphatic rings. The van der Waals surface area contributed by atoms with E-state index in [1.54, 1.807) is 18.2 Å². The molecule has 3 heterocycles. The zero-order chi connectivity index (χ0) is 22.1. The van der Waals surface area contributed by atoms with Gasteiger partial charge in [0.05, 0.1) is 17.7 Å². The van der Waals surface area contributed by atoms with Gasteiger partial charge < -0.3 is 5.32 Å². The number of piperidine rings is 2. The largest absolute Gasteiger partial charge is 0.307 e. The highest BCUT2D eigenvalue weighted by molar-refractivity contribution is 6.24. The first kappa shape index (κ1) is 21.5. The van der Waals surface area contributed by atoms with Gasteiger partial charge in [0.2, 0.25) is 11.8 Å². The highest BCUT2D eigenvalue weighted by Crippen LogP contribution is 2.31. The lowest BCUT2D eigenvalue weighted by molar-refractivity contribution is -0.136. The zero-order valence-electron chi connectivity index (χ0n) is 16.9. The van der Waals surface area contributed by atoms with Crippen LogP contribution in [0.15, 0.2) is 18.2 Å². The molecular weight excluding hydrogens is 410 g/mol. The lowest BCUT2D eigenvalue weighted by atomic mass is 10.00. The minimum Gasteiger partial charge on any atom is -0.307 e. The van der Waals surface area contributed by atoms with Crippen LogP contribution in [0.2, 0.25) is 0 Å². The molecule has 8 nitrogen and oxygen atoms in total. The van der Waals surface area contributed by atoms with Crippen LogP contribution in [0.5, 0.6) is 0 Å². The predicted molar refractivity (Wildman–Crippen MR) is 105 cm³/mol. The maximum absolute atomic E-state index is 13.2. The van der Waals surface area contributed by atoms with E-state index in [0.29, 0.717) is 18.7 Å². The Bertz CT molecular complexity index is 923. The second-order valence-corrected chi connectivity index (χ2v) is 8.16. The standard InChI is InChI=1S/C21H24F2N4O4/c22-16(23)9-24-13-4-2-8-26(11-13)10-12-3-1-5-14-18(12)21(31)27(20(14)30)15-6-7-17(28)25-19(15)29/h1,3,5,13,15-16,24H,2,4,6-11H2,(H,25,28,29). The summed E-state index contributed by atoms with van der Waals surface area (Å²) in [5.74, 6) is -2.13. The van der Waals surface area contributed by atoms with Crippen LogP contribution in [-0.4, -0.2) is 71.6 Å². The first-order valence-corrected chi connectivity index (χ1v) is 10.4. The highest BCUT2D eigenvalue weighted by Gasteiger charge is 2.45. The summed E-state index contributed by atoms with van der Waals surface area (Å²) < 4.78 is 25.0. The van der Waals surface area contributed by atoms with E-state index in [-0.39, 0.29) is 36.6 Å². The van der Waals surface area contributed by atoms with Crippen LogP contribution < -0.4 is 10.6 Å². The van der Waals surface area contributed by atoms with Crippen molar-refractivity contribution in [2.24, 2.45) is 0 Å². The van der Waals surface area contributed by atoms with E-state index in [1.807, 2.05) is 0 Å². The van der Waals surface area contributed by atoms with E-state index in [9.17, 15) is 28.0 Å². The fourth-order valence-corrected chi connectivity index (χ4v) is 4.58. The third kappa shape index (κ3) is 4.35. The number of carbonyl (C=O) groups excluding carboxylic acids is 4. The number of benzene rings is 1. The number of rotatable bonds is 6. The predicted octanol–water partition coefficient (Wildman–Crippen LogP) is 0.907. The quantitative estimate of drug-likeness (QED) is 0.646. The molecule has 2 unspecified atom stereocenters. The van der Waals surface area contributed by atoms with Crippen molar-refractivity contribution in [3.8, 4) is 0 Å². The number of hydrogen-bond donors (Lipinski definition) is 2. The molecular formula is C21H24F2N4O4. The number of carbonyl (C=O) groups is 4. The molecule has 2 atom stereocenters. The van der Waals surface area contributed by atoms with Gasteiger partial charge >= 0.3 is 0 Å². The number of nitrogens with zero attached hydrogens (tertiary/aromatic N) is 2. The monoisotopic (exact) mass is 434 g/mol. The molecule has 3 aliphatic heterocycles. The Kier molecular flexibility index (Phi) is 6.10. The molecule has 0 bridgehead atoms. The Balaban J connectivity index is 1.51.